The van der Waals surface area contributed by atoms with E-state index in [0.29, 0.717) is 18.2 Å². The SMILES string of the molecule is Cc1ccc(C(CNCc2ccc(C(=O)O)cc2)N2CCOCC2)cc1. The van der Waals surface area contributed by atoms with Gasteiger partial charge in [0.05, 0.1) is 18.8 Å². The molecule has 5 nitrogen and oxygen atoms in total. The lowest BCUT2D eigenvalue weighted by molar-refractivity contribution is 0.0161. The van der Waals surface area contributed by atoms with Crippen molar-refractivity contribution in [3.63, 3.8) is 0 Å². The molecule has 1 aliphatic heterocycles. The number of carboxylic acid groups (broad SMARTS) is 1. The molecule has 0 aromatic heterocycles. The molecular formula is C21H26N2O3. The number of aryl methyl sites for hydroxylation is 1. The number of benzene rings is 2. The van der Waals surface area contributed by atoms with Crippen LogP contribution >= 0.6 is 0 Å². The van der Waals surface area contributed by atoms with Crippen molar-refractivity contribution < 1.29 is 14.6 Å². The smallest absolute Gasteiger partial charge is 0.335 e. The molecule has 2 aromatic carbocycles. The molecular weight excluding hydrogens is 328 g/mol. The van der Waals surface area contributed by atoms with E-state index < -0.39 is 5.97 Å². The molecule has 2 aromatic rings. The minimum absolute atomic E-state index is 0.304. The lowest BCUT2D eigenvalue weighted by atomic mass is 10.0. The highest BCUT2D eigenvalue weighted by Gasteiger charge is 2.22. The third-order valence-corrected chi connectivity index (χ3v) is 4.82. The third kappa shape index (κ3) is 4.91. The highest BCUT2D eigenvalue weighted by atomic mass is 16.5. The highest BCUT2D eigenvalue weighted by Crippen LogP contribution is 2.22. The highest BCUT2D eigenvalue weighted by molar-refractivity contribution is 5.87. The molecule has 1 heterocycles. The molecule has 0 radical (unpaired) electrons. The standard InChI is InChI=1S/C21H26N2O3/c1-16-2-6-18(7-3-16)20(23-10-12-26-13-11-23)15-22-14-17-4-8-19(9-5-17)21(24)25/h2-9,20,22H,10-15H2,1H3,(H,24,25). The summed E-state index contributed by atoms with van der Waals surface area (Å²) in [5.41, 5.74) is 3.98. The number of rotatable bonds is 7. The maximum Gasteiger partial charge on any atom is 0.335 e. The molecule has 5 heteroatoms. The Labute approximate surface area is 154 Å². The van der Waals surface area contributed by atoms with Gasteiger partial charge in [-0.15, -0.1) is 0 Å². The van der Waals surface area contributed by atoms with Crippen LogP contribution < -0.4 is 5.32 Å². The van der Waals surface area contributed by atoms with Crippen LogP contribution in [-0.4, -0.2) is 48.8 Å². The largest absolute Gasteiger partial charge is 0.478 e. The van der Waals surface area contributed by atoms with Crippen LogP contribution in [0.3, 0.4) is 0 Å². The zero-order valence-electron chi connectivity index (χ0n) is 15.1. The Hall–Kier alpha value is -2.21. The first-order chi connectivity index (χ1) is 12.6. The summed E-state index contributed by atoms with van der Waals surface area (Å²) in [4.78, 5) is 13.4. The molecule has 0 amide bonds. The fourth-order valence-electron chi connectivity index (χ4n) is 3.25. The Balaban J connectivity index is 1.63. The Bertz CT molecular complexity index is 707. The molecule has 3 rings (SSSR count). The number of morpholine rings is 1. The quantitative estimate of drug-likeness (QED) is 0.801. The minimum Gasteiger partial charge on any atom is -0.478 e. The maximum atomic E-state index is 10.9. The molecule has 0 bridgehead atoms. The summed E-state index contributed by atoms with van der Waals surface area (Å²) in [5.74, 6) is -0.892. The summed E-state index contributed by atoms with van der Waals surface area (Å²) in [5, 5.41) is 12.5. The van der Waals surface area contributed by atoms with Crippen LogP contribution in [0.4, 0.5) is 0 Å². The summed E-state index contributed by atoms with van der Waals surface area (Å²) in [6.45, 7) is 7.09. The second kappa shape index (κ2) is 8.94. The average molecular weight is 354 g/mol. The summed E-state index contributed by atoms with van der Waals surface area (Å²) < 4.78 is 5.50. The van der Waals surface area contributed by atoms with E-state index in [0.717, 1.165) is 38.4 Å². The van der Waals surface area contributed by atoms with Gasteiger partial charge in [0.2, 0.25) is 0 Å². The predicted molar refractivity (Wildman–Crippen MR) is 101 cm³/mol. The Morgan fingerprint density at radius 3 is 2.38 bits per heavy atom. The molecule has 26 heavy (non-hydrogen) atoms. The summed E-state index contributed by atoms with van der Waals surface area (Å²) in [6, 6.07) is 16.1. The van der Waals surface area contributed by atoms with Gasteiger partial charge in [-0.3, -0.25) is 4.90 Å². The van der Waals surface area contributed by atoms with E-state index in [1.807, 2.05) is 12.1 Å². The van der Waals surface area contributed by atoms with Gasteiger partial charge in [-0.2, -0.15) is 0 Å². The fraction of sp³-hybridized carbons (Fsp3) is 0.381. The summed E-state index contributed by atoms with van der Waals surface area (Å²) in [6.07, 6.45) is 0. The number of aromatic carboxylic acids is 1. The predicted octanol–water partition coefficient (Wildman–Crippen LogP) is 2.86. The van der Waals surface area contributed by atoms with Gasteiger partial charge in [-0.1, -0.05) is 42.0 Å². The van der Waals surface area contributed by atoms with Gasteiger partial charge >= 0.3 is 5.97 Å². The van der Waals surface area contributed by atoms with Crippen LogP contribution in [0.2, 0.25) is 0 Å². The van der Waals surface area contributed by atoms with Crippen LogP contribution in [0.15, 0.2) is 48.5 Å². The van der Waals surface area contributed by atoms with Gasteiger partial charge < -0.3 is 15.2 Å². The fourth-order valence-corrected chi connectivity index (χ4v) is 3.25. The van der Waals surface area contributed by atoms with Gasteiger partial charge in [-0.05, 0) is 30.2 Å². The normalized spacial score (nSPS) is 16.3. The van der Waals surface area contributed by atoms with E-state index in [4.69, 9.17) is 9.84 Å². The van der Waals surface area contributed by atoms with Crippen molar-refractivity contribution >= 4 is 5.97 Å². The number of hydrogen-bond donors (Lipinski definition) is 2. The Kier molecular flexibility index (Phi) is 6.39. The minimum atomic E-state index is -0.892. The van der Waals surface area contributed by atoms with Crippen LogP contribution in [0.5, 0.6) is 0 Å². The van der Waals surface area contributed by atoms with Crippen molar-refractivity contribution in [2.24, 2.45) is 0 Å². The Morgan fingerprint density at radius 1 is 1.12 bits per heavy atom. The monoisotopic (exact) mass is 354 g/mol. The molecule has 1 saturated heterocycles. The lowest BCUT2D eigenvalue weighted by Crippen LogP contribution is -2.42. The van der Waals surface area contributed by atoms with Crippen molar-refractivity contribution in [2.45, 2.75) is 19.5 Å². The van der Waals surface area contributed by atoms with Crippen LogP contribution in [0.25, 0.3) is 0 Å². The zero-order valence-corrected chi connectivity index (χ0v) is 15.1. The first-order valence-electron chi connectivity index (χ1n) is 9.05. The van der Waals surface area contributed by atoms with Crippen LogP contribution in [-0.2, 0) is 11.3 Å². The summed E-state index contributed by atoms with van der Waals surface area (Å²) >= 11 is 0. The molecule has 1 aliphatic rings. The van der Waals surface area contributed by atoms with Crippen molar-refractivity contribution in [1.82, 2.24) is 10.2 Å². The van der Waals surface area contributed by atoms with E-state index in [1.54, 1.807) is 12.1 Å². The number of carboxylic acids is 1. The summed E-state index contributed by atoms with van der Waals surface area (Å²) in [7, 11) is 0. The van der Waals surface area contributed by atoms with E-state index >= 15 is 0 Å². The molecule has 1 atom stereocenters. The molecule has 2 N–H and O–H groups in total. The first-order valence-corrected chi connectivity index (χ1v) is 9.05. The van der Waals surface area contributed by atoms with Crippen molar-refractivity contribution in [1.29, 1.82) is 0 Å². The van der Waals surface area contributed by atoms with Gasteiger partial charge in [0, 0.05) is 32.2 Å². The maximum absolute atomic E-state index is 10.9. The molecule has 0 aliphatic carbocycles. The molecule has 1 unspecified atom stereocenters. The number of ether oxygens (including phenoxy) is 1. The van der Waals surface area contributed by atoms with Gasteiger partial charge in [0.15, 0.2) is 0 Å². The van der Waals surface area contributed by atoms with Crippen LogP contribution in [0, 0.1) is 6.92 Å². The van der Waals surface area contributed by atoms with Gasteiger partial charge in [-0.25, -0.2) is 4.79 Å². The molecule has 138 valence electrons. The number of nitrogens with one attached hydrogen (secondary N) is 1. The average Bonchev–Trinajstić information content (AvgIpc) is 2.67. The first kappa shape index (κ1) is 18.6. The van der Waals surface area contributed by atoms with E-state index in [2.05, 4.69) is 41.4 Å². The second-order valence-electron chi connectivity index (χ2n) is 6.71. The van der Waals surface area contributed by atoms with Crippen molar-refractivity contribution in [3.8, 4) is 0 Å². The Morgan fingerprint density at radius 2 is 1.77 bits per heavy atom. The molecule has 0 spiro atoms. The van der Waals surface area contributed by atoms with E-state index in [9.17, 15) is 4.79 Å². The number of hydrogen-bond acceptors (Lipinski definition) is 4. The van der Waals surface area contributed by atoms with Gasteiger partial charge in [0.25, 0.3) is 0 Å². The van der Waals surface area contributed by atoms with E-state index in [-0.39, 0.29) is 0 Å². The van der Waals surface area contributed by atoms with E-state index in [1.165, 1.54) is 11.1 Å². The third-order valence-electron chi connectivity index (χ3n) is 4.82. The van der Waals surface area contributed by atoms with Gasteiger partial charge in [0.1, 0.15) is 0 Å². The topological polar surface area (TPSA) is 61.8 Å². The van der Waals surface area contributed by atoms with Crippen LogP contribution in [0.1, 0.15) is 33.1 Å². The molecule has 1 fully saturated rings. The number of nitrogens with zero attached hydrogens (tertiary/aromatic N) is 1. The zero-order chi connectivity index (χ0) is 18.4. The molecule has 0 saturated carbocycles. The number of carbonyl (C=O) groups is 1. The lowest BCUT2D eigenvalue weighted by Gasteiger charge is -2.35. The van der Waals surface area contributed by atoms with Crippen molar-refractivity contribution in [2.75, 3.05) is 32.8 Å². The second-order valence-corrected chi connectivity index (χ2v) is 6.71. The van der Waals surface area contributed by atoms with Crippen molar-refractivity contribution in [3.05, 3.63) is 70.8 Å².